The van der Waals surface area contributed by atoms with E-state index in [-0.39, 0.29) is 11.4 Å². The highest BCUT2D eigenvalue weighted by atomic mass is 16.3. The fourth-order valence-corrected chi connectivity index (χ4v) is 1.39. The van der Waals surface area contributed by atoms with E-state index in [2.05, 4.69) is 9.97 Å². The summed E-state index contributed by atoms with van der Waals surface area (Å²) in [6.07, 6.45) is 0. The van der Waals surface area contributed by atoms with Gasteiger partial charge in [0, 0.05) is 11.3 Å². The molecule has 0 unspecified atom stereocenters. The highest BCUT2D eigenvalue weighted by Crippen LogP contribution is 2.20. The number of aromatic hydroxyl groups is 1. The lowest BCUT2D eigenvalue weighted by Crippen LogP contribution is -2.11. The molecule has 15 heavy (non-hydrogen) atoms. The number of H-pyrrole nitrogens is 1. The summed E-state index contributed by atoms with van der Waals surface area (Å²) in [5.41, 5.74) is 1.65. The molecule has 0 atom stereocenters. The first-order valence-electron chi connectivity index (χ1n) is 4.52. The van der Waals surface area contributed by atoms with Crippen LogP contribution in [0, 0.1) is 6.92 Å². The summed E-state index contributed by atoms with van der Waals surface area (Å²) in [5, 5.41) is 9.30. The normalized spacial score (nSPS) is 10.2. The molecule has 0 aliphatic carbocycles. The van der Waals surface area contributed by atoms with E-state index in [0.717, 1.165) is 11.3 Å². The van der Waals surface area contributed by atoms with Crippen LogP contribution in [0.1, 0.15) is 5.69 Å². The minimum absolute atomic E-state index is 0.159. The number of aryl methyl sites for hydroxylation is 1. The van der Waals surface area contributed by atoms with Crippen molar-refractivity contribution in [2.24, 2.45) is 0 Å². The lowest BCUT2D eigenvalue weighted by molar-refractivity contribution is 0.475. The summed E-state index contributed by atoms with van der Waals surface area (Å²) in [6.45, 7) is 1.79. The van der Waals surface area contributed by atoms with Crippen LogP contribution in [0.3, 0.4) is 0 Å². The number of aromatic amines is 1. The Balaban J connectivity index is 2.59. The second-order valence-electron chi connectivity index (χ2n) is 3.30. The largest absolute Gasteiger partial charge is 0.508 e. The van der Waals surface area contributed by atoms with Crippen molar-refractivity contribution in [1.82, 2.24) is 9.97 Å². The van der Waals surface area contributed by atoms with Crippen molar-refractivity contribution < 1.29 is 5.11 Å². The smallest absolute Gasteiger partial charge is 0.345 e. The van der Waals surface area contributed by atoms with Crippen LogP contribution in [-0.2, 0) is 0 Å². The Kier molecular flexibility index (Phi) is 2.25. The predicted molar refractivity (Wildman–Crippen MR) is 56.7 cm³/mol. The van der Waals surface area contributed by atoms with Crippen LogP contribution in [0.25, 0.3) is 11.3 Å². The van der Waals surface area contributed by atoms with Gasteiger partial charge in [0.1, 0.15) is 5.75 Å². The topological polar surface area (TPSA) is 66.0 Å². The van der Waals surface area contributed by atoms with Crippen molar-refractivity contribution in [3.63, 3.8) is 0 Å². The van der Waals surface area contributed by atoms with Crippen LogP contribution >= 0.6 is 0 Å². The summed E-state index contributed by atoms with van der Waals surface area (Å²) in [7, 11) is 0. The monoisotopic (exact) mass is 202 g/mol. The fourth-order valence-electron chi connectivity index (χ4n) is 1.39. The van der Waals surface area contributed by atoms with Gasteiger partial charge in [-0.25, -0.2) is 4.79 Å². The Hall–Kier alpha value is -2.10. The first-order valence-corrected chi connectivity index (χ1v) is 4.52. The van der Waals surface area contributed by atoms with Gasteiger partial charge in [-0.1, -0.05) is 12.1 Å². The summed E-state index contributed by atoms with van der Waals surface area (Å²) in [5.74, 6) is 0.159. The average molecular weight is 202 g/mol. The first kappa shape index (κ1) is 9.45. The van der Waals surface area contributed by atoms with Gasteiger partial charge in [0.15, 0.2) is 0 Å². The minimum atomic E-state index is -0.381. The summed E-state index contributed by atoms with van der Waals surface area (Å²) < 4.78 is 0. The molecule has 0 amide bonds. The van der Waals surface area contributed by atoms with Crippen molar-refractivity contribution in [3.8, 4) is 17.0 Å². The van der Waals surface area contributed by atoms with Gasteiger partial charge < -0.3 is 10.1 Å². The molecule has 0 radical (unpaired) electrons. The third kappa shape index (κ3) is 2.04. The number of rotatable bonds is 1. The number of phenolic OH excluding ortho intramolecular Hbond substituents is 1. The standard InChI is InChI=1S/C11H10N2O2/c1-7-5-10(13-11(15)12-7)8-3-2-4-9(14)6-8/h2-6,14H,1H3,(H,12,13,15). The Morgan fingerprint density at radius 2 is 2.13 bits per heavy atom. The van der Waals surface area contributed by atoms with E-state index >= 15 is 0 Å². The van der Waals surface area contributed by atoms with Crippen LogP contribution in [0.2, 0.25) is 0 Å². The van der Waals surface area contributed by atoms with E-state index in [9.17, 15) is 9.90 Å². The van der Waals surface area contributed by atoms with Crippen molar-refractivity contribution in [1.29, 1.82) is 0 Å². The molecule has 4 nitrogen and oxygen atoms in total. The number of aromatic nitrogens is 2. The second-order valence-corrected chi connectivity index (χ2v) is 3.30. The summed E-state index contributed by atoms with van der Waals surface area (Å²) in [6, 6.07) is 8.41. The van der Waals surface area contributed by atoms with Crippen LogP contribution < -0.4 is 5.69 Å². The van der Waals surface area contributed by atoms with Crippen molar-refractivity contribution >= 4 is 0 Å². The van der Waals surface area contributed by atoms with Crippen molar-refractivity contribution in [2.45, 2.75) is 6.92 Å². The Morgan fingerprint density at radius 1 is 1.33 bits per heavy atom. The molecule has 0 aliphatic rings. The molecule has 2 aromatic rings. The third-order valence-electron chi connectivity index (χ3n) is 2.02. The van der Waals surface area contributed by atoms with Gasteiger partial charge in [-0.2, -0.15) is 4.98 Å². The Labute approximate surface area is 86.2 Å². The zero-order chi connectivity index (χ0) is 10.8. The highest BCUT2D eigenvalue weighted by molar-refractivity contribution is 5.60. The SMILES string of the molecule is Cc1cc(-c2cccc(O)c2)nc(=O)[nH]1. The molecule has 1 heterocycles. The molecular weight excluding hydrogens is 192 g/mol. The summed E-state index contributed by atoms with van der Waals surface area (Å²) >= 11 is 0. The van der Waals surface area contributed by atoms with E-state index in [1.807, 2.05) is 0 Å². The zero-order valence-electron chi connectivity index (χ0n) is 8.19. The Bertz CT molecular complexity index is 546. The number of nitrogens with one attached hydrogen (secondary N) is 1. The average Bonchev–Trinajstić information content (AvgIpc) is 2.16. The lowest BCUT2D eigenvalue weighted by atomic mass is 10.1. The number of benzene rings is 1. The summed E-state index contributed by atoms with van der Waals surface area (Å²) in [4.78, 5) is 17.5. The van der Waals surface area contributed by atoms with Crippen molar-refractivity contribution in [3.05, 3.63) is 46.5 Å². The number of nitrogens with zero attached hydrogens (tertiary/aromatic N) is 1. The molecule has 4 heteroatoms. The van der Waals surface area contributed by atoms with Gasteiger partial charge in [-0.15, -0.1) is 0 Å². The molecule has 0 spiro atoms. The zero-order valence-corrected chi connectivity index (χ0v) is 8.19. The molecule has 1 aromatic carbocycles. The predicted octanol–water partition coefficient (Wildman–Crippen LogP) is 1.45. The molecule has 0 aliphatic heterocycles. The highest BCUT2D eigenvalue weighted by Gasteiger charge is 2.02. The number of hydrogen-bond acceptors (Lipinski definition) is 3. The van der Waals surface area contributed by atoms with E-state index < -0.39 is 0 Å². The van der Waals surface area contributed by atoms with Crippen molar-refractivity contribution in [2.75, 3.05) is 0 Å². The third-order valence-corrected chi connectivity index (χ3v) is 2.02. The molecular formula is C11H10N2O2. The van der Waals surface area contributed by atoms with Gasteiger partial charge >= 0.3 is 5.69 Å². The maximum Gasteiger partial charge on any atom is 0.345 e. The first-order chi connectivity index (χ1) is 7.15. The molecule has 2 N–H and O–H groups in total. The maximum absolute atomic E-state index is 11.1. The van der Waals surface area contributed by atoms with Gasteiger partial charge in [-0.05, 0) is 25.1 Å². The van der Waals surface area contributed by atoms with Crippen LogP contribution in [-0.4, -0.2) is 15.1 Å². The van der Waals surface area contributed by atoms with Gasteiger partial charge in [0.2, 0.25) is 0 Å². The molecule has 0 fully saturated rings. The van der Waals surface area contributed by atoms with E-state index in [1.165, 1.54) is 0 Å². The molecule has 76 valence electrons. The van der Waals surface area contributed by atoms with Crippen LogP contribution in [0.5, 0.6) is 5.75 Å². The number of hydrogen-bond donors (Lipinski definition) is 2. The van der Waals surface area contributed by atoms with Crippen LogP contribution in [0.15, 0.2) is 35.1 Å². The Morgan fingerprint density at radius 3 is 2.80 bits per heavy atom. The molecule has 0 bridgehead atoms. The minimum Gasteiger partial charge on any atom is -0.508 e. The van der Waals surface area contributed by atoms with Gasteiger partial charge in [0.25, 0.3) is 0 Å². The molecule has 2 rings (SSSR count). The maximum atomic E-state index is 11.1. The fraction of sp³-hybridized carbons (Fsp3) is 0.0909. The second kappa shape index (κ2) is 3.57. The van der Waals surface area contributed by atoms with Gasteiger partial charge in [-0.3, -0.25) is 0 Å². The lowest BCUT2D eigenvalue weighted by Gasteiger charge is -2.01. The molecule has 0 saturated heterocycles. The van der Waals surface area contributed by atoms with E-state index in [4.69, 9.17) is 0 Å². The quantitative estimate of drug-likeness (QED) is 0.735. The van der Waals surface area contributed by atoms with E-state index in [0.29, 0.717) is 5.69 Å². The molecule has 1 aromatic heterocycles. The van der Waals surface area contributed by atoms with Gasteiger partial charge in [0.05, 0.1) is 5.69 Å². The number of phenols is 1. The van der Waals surface area contributed by atoms with E-state index in [1.54, 1.807) is 37.3 Å². The van der Waals surface area contributed by atoms with Crippen LogP contribution in [0.4, 0.5) is 0 Å². The molecule has 0 saturated carbocycles.